The van der Waals surface area contributed by atoms with Crippen LogP contribution in [0.4, 0.5) is 5.69 Å². The van der Waals surface area contributed by atoms with Crippen molar-refractivity contribution in [2.75, 3.05) is 19.0 Å². The minimum absolute atomic E-state index is 0.0233. The number of rotatable bonds is 2. The van der Waals surface area contributed by atoms with Crippen molar-refractivity contribution in [3.05, 3.63) is 30.3 Å². The van der Waals surface area contributed by atoms with Crippen molar-refractivity contribution in [2.45, 2.75) is 25.4 Å². The summed E-state index contributed by atoms with van der Waals surface area (Å²) in [7, 11) is 3.92. The van der Waals surface area contributed by atoms with Gasteiger partial charge in [-0.15, -0.1) is 0 Å². The second-order valence-electron chi connectivity index (χ2n) is 4.61. The number of benzene rings is 1. The summed E-state index contributed by atoms with van der Waals surface area (Å²) >= 11 is 0. The molecule has 1 fully saturated rings. The van der Waals surface area contributed by atoms with Gasteiger partial charge in [-0.2, -0.15) is 0 Å². The van der Waals surface area contributed by atoms with Crippen molar-refractivity contribution >= 4 is 11.6 Å². The van der Waals surface area contributed by atoms with E-state index >= 15 is 0 Å². The largest absolute Gasteiger partial charge is 0.308 e. The molecular weight excluding hydrogens is 200 g/mol. The molecule has 1 aliphatic rings. The zero-order valence-corrected chi connectivity index (χ0v) is 10.1. The molecule has 0 aromatic heterocycles. The molecule has 1 heterocycles. The first kappa shape index (κ1) is 11.1. The Morgan fingerprint density at radius 2 is 1.88 bits per heavy atom. The summed E-state index contributed by atoms with van der Waals surface area (Å²) in [5, 5.41) is 0. The number of hydrogen-bond acceptors (Lipinski definition) is 2. The van der Waals surface area contributed by atoms with E-state index in [1.165, 1.54) is 0 Å². The molecule has 0 saturated carbocycles. The van der Waals surface area contributed by atoms with E-state index in [-0.39, 0.29) is 18.0 Å². The third-order valence-corrected chi connectivity index (χ3v) is 3.19. The maximum Gasteiger partial charge on any atom is 0.244 e. The highest BCUT2D eigenvalue weighted by atomic mass is 16.2. The number of hydrogen-bond donors (Lipinski definition) is 0. The van der Waals surface area contributed by atoms with Gasteiger partial charge in [0.25, 0.3) is 0 Å². The van der Waals surface area contributed by atoms with E-state index in [0.717, 1.165) is 12.1 Å². The van der Waals surface area contributed by atoms with Crippen LogP contribution in [0.1, 0.15) is 13.3 Å². The summed E-state index contributed by atoms with van der Waals surface area (Å²) in [4.78, 5) is 16.2. The Kier molecular flexibility index (Phi) is 2.97. The lowest BCUT2D eigenvalue weighted by Gasteiger charge is -2.22. The molecule has 2 atom stereocenters. The molecule has 1 aliphatic heterocycles. The monoisotopic (exact) mass is 218 g/mol. The van der Waals surface area contributed by atoms with Crippen molar-refractivity contribution in [3.8, 4) is 0 Å². The first-order valence-electron chi connectivity index (χ1n) is 5.66. The van der Waals surface area contributed by atoms with Crippen LogP contribution in [0.5, 0.6) is 0 Å². The van der Waals surface area contributed by atoms with Crippen LogP contribution in [-0.4, -0.2) is 37.0 Å². The second-order valence-corrected chi connectivity index (χ2v) is 4.61. The topological polar surface area (TPSA) is 23.6 Å². The van der Waals surface area contributed by atoms with Gasteiger partial charge in [-0.3, -0.25) is 9.69 Å². The number of carbonyl (C=O) groups excluding carboxylic acids is 1. The van der Waals surface area contributed by atoms with Crippen LogP contribution in [0.3, 0.4) is 0 Å². The number of nitrogens with zero attached hydrogens (tertiary/aromatic N) is 2. The molecule has 0 radical (unpaired) electrons. The highest BCUT2D eigenvalue weighted by Crippen LogP contribution is 2.27. The van der Waals surface area contributed by atoms with Crippen molar-refractivity contribution in [1.29, 1.82) is 0 Å². The van der Waals surface area contributed by atoms with Crippen LogP contribution in [0.25, 0.3) is 0 Å². The predicted octanol–water partition coefficient (Wildman–Crippen LogP) is 1.74. The summed E-state index contributed by atoms with van der Waals surface area (Å²) in [5.74, 6) is 0.212. The van der Waals surface area contributed by atoms with Crippen molar-refractivity contribution < 1.29 is 4.79 Å². The molecule has 1 aromatic carbocycles. The molecular formula is C13H18N2O. The molecule has 0 unspecified atom stereocenters. The van der Waals surface area contributed by atoms with E-state index in [0.29, 0.717) is 0 Å². The maximum atomic E-state index is 12.2. The molecule has 0 N–H and O–H groups in total. The van der Waals surface area contributed by atoms with Crippen LogP contribution < -0.4 is 4.90 Å². The van der Waals surface area contributed by atoms with Crippen LogP contribution in [0.15, 0.2) is 30.3 Å². The molecule has 1 saturated heterocycles. The quantitative estimate of drug-likeness (QED) is 0.755. The molecule has 3 heteroatoms. The predicted molar refractivity (Wildman–Crippen MR) is 65.5 cm³/mol. The molecule has 1 amide bonds. The number of para-hydroxylation sites is 1. The first-order chi connectivity index (χ1) is 7.61. The Bertz CT molecular complexity index is 375. The van der Waals surface area contributed by atoms with E-state index in [4.69, 9.17) is 0 Å². The minimum Gasteiger partial charge on any atom is -0.308 e. The van der Waals surface area contributed by atoms with Gasteiger partial charge >= 0.3 is 0 Å². The molecule has 0 bridgehead atoms. The van der Waals surface area contributed by atoms with Crippen molar-refractivity contribution in [3.63, 3.8) is 0 Å². The highest BCUT2D eigenvalue weighted by Gasteiger charge is 2.38. The van der Waals surface area contributed by atoms with E-state index < -0.39 is 0 Å². The van der Waals surface area contributed by atoms with Gasteiger partial charge in [0, 0.05) is 11.7 Å². The van der Waals surface area contributed by atoms with Crippen molar-refractivity contribution in [1.82, 2.24) is 4.90 Å². The third-order valence-electron chi connectivity index (χ3n) is 3.19. The summed E-state index contributed by atoms with van der Waals surface area (Å²) in [5.41, 5.74) is 1.00. The number of amides is 1. The SMILES string of the molecule is C[C@H]1C[C@@H](N(C)C)C(=O)N1c1ccccc1. The summed E-state index contributed by atoms with van der Waals surface area (Å²) in [6.45, 7) is 2.11. The average molecular weight is 218 g/mol. The minimum atomic E-state index is 0.0233. The average Bonchev–Trinajstić information content (AvgIpc) is 2.56. The van der Waals surface area contributed by atoms with E-state index in [1.807, 2.05) is 54.2 Å². The Hall–Kier alpha value is -1.35. The van der Waals surface area contributed by atoms with Gasteiger partial charge in [-0.1, -0.05) is 18.2 Å². The van der Waals surface area contributed by atoms with Gasteiger partial charge in [0.05, 0.1) is 6.04 Å². The fourth-order valence-corrected chi connectivity index (χ4v) is 2.31. The molecule has 0 spiro atoms. The number of carbonyl (C=O) groups is 1. The van der Waals surface area contributed by atoms with Crippen LogP contribution in [0, 0.1) is 0 Å². The first-order valence-corrected chi connectivity index (χ1v) is 5.66. The lowest BCUT2D eigenvalue weighted by molar-refractivity contribution is -0.120. The normalized spacial score (nSPS) is 25.5. The maximum absolute atomic E-state index is 12.2. The zero-order chi connectivity index (χ0) is 11.7. The molecule has 2 rings (SSSR count). The Morgan fingerprint density at radius 1 is 1.25 bits per heavy atom. The lowest BCUT2D eigenvalue weighted by atomic mass is 10.2. The zero-order valence-electron chi connectivity index (χ0n) is 10.1. The molecule has 16 heavy (non-hydrogen) atoms. The highest BCUT2D eigenvalue weighted by molar-refractivity contribution is 6.00. The van der Waals surface area contributed by atoms with Gasteiger partial charge in [-0.05, 0) is 39.6 Å². The summed E-state index contributed by atoms with van der Waals surface area (Å²) < 4.78 is 0. The molecule has 1 aromatic rings. The third kappa shape index (κ3) is 1.83. The van der Waals surface area contributed by atoms with E-state index in [2.05, 4.69) is 6.92 Å². The van der Waals surface area contributed by atoms with Gasteiger partial charge in [0.2, 0.25) is 5.91 Å². The van der Waals surface area contributed by atoms with Gasteiger partial charge in [0.15, 0.2) is 0 Å². The van der Waals surface area contributed by atoms with Crippen LogP contribution >= 0.6 is 0 Å². The van der Waals surface area contributed by atoms with E-state index in [9.17, 15) is 4.79 Å². The molecule has 0 aliphatic carbocycles. The van der Waals surface area contributed by atoms with Crippen LogP contribution in [-0.2, 0) is 4.79 Å². The fraction of sp³-hybridized carbons (Fsp3) is 0.462. The van der Waals surface area contributed by atoms with Gasteiger partial charge in [-0.25, -0.2) is 0 Å². The number of anilines is 1. The Morgan fingerprint density at radius 3 is 2.38 bits per heavy atom. The van der Waals surface area contributed by atoms with Crippen molar-refractivity contribution in [2.24, 2.45) is 0 Å². The summed E-state index contributed by atoms with van der Waals surface area (Å²) in [6.07, 6.45) is 0.903. The fourth-order valence-electron chi connectivity index (χ4n) is 2.31. The van der Waals surface area contributed by atoms with Gasteiger partial charge < -0.3 is 4.90 Å². The smallest absolute Gasteiger partial charge is 0.244 e. The summed E-state index contributed by atoms with van der Waals surface area (Å²) in [6, 6.07) is 10.2. The molecule has 3 nitrogen and oxygen atoms in total. The van der Waals surface area contributed by atoms with E-state index in [1.54, 1.807) is 0 Å². The number of likely N-dealkylation sites (N-methyl/N-ethyl adjacent to an activating group) is 1. The standard InChI is InChI=1S/C13H18N2O/c1-10-9-12(14(2)3)13(16)15(10)11-7-5-4-6-8-11/h4-8,10,12H,9H2,1-3H3/t10-,12+/m0/s1. The lowest BCUT2D eigenvalue weighted by Crippen LogP contribution is -2.38. The Balaban J connectivity index is 2.27. The van der Waals surface area contributed by atoms with Gasteiger partial charge in [0.1, 0.15) is 0 Å². The Labute approximate surface area is 96.7 Å². The second kappa shape index (κ2) is 4.26. The van der Waals surface area contributed by atoms with Crippen LogP contribution in [0.2, 0.25) is 0 Å². The molecule has 86 valence electrons.